The minimum absolute atomic E-state index is 0.145. The highest BCUT2D eigenvalue weighted by Crippen LogP contribution is 2.58. The van der Waals surface area contributed by atoms with Gasteiger partial charge in [-0.1, -0.05) is 38.1 Å². The summed E-state index contributed by atoms with van der Waals surface area (Å²) < 4.78 is 0. The number of ketones is 1. The van der Waals surface area contributed by atoms with Crippen molar-refractivity contribution in [2.45, 2.75) is 33.1 Å². The van der Waals surface area contributed by atoms with Crippen molar-refractivity contribution in [1.82, 2.24) is 0 Å². The molecular weight excluding hydrogens is 172 g/mol. The summed E-state index contributed by atoms with van der Waals surface area (Å²) in [6.45, 7) is 6.18. The zero-order chi connectivity index (χ0) is 10.3. The average Bonchev–Trinajstić information content (AvgIpc) is 2.75. The van der Waals surface area contributed by atoms with Gasteiger partial charge in [-0.3, -0.25) is 4.79 Å². The number of Topliss-reactive ketones (excluding diaryl/α,β-unsaturated/α-hetero) is 1. The van der Waals surface area contributed by atoms with E-state index in [-0.39, 0.29) is 5.78 Å². The minimum atomic E-state index is 0.145. The molecule has 2 rings (SSSR count). The highest BCUT2D eigenvalue weighted by Gasteiger charge is 2.46. The van der Waals surface area contributed by atoms with Crippen LogP contribution in [0, 0.1) is 5.41 Å². The first-order valence-electron chi connectivity index (χ1n) is 5.11. The van der Waals surface area contributed by atoms with E-state index in [1.165, 1.54) is 12.0 Å². The topological polar surface area (TPSA) is 17.1 Å². The van der Waals surface area contributed by atoms with Crippen LogP contribution in [0.2, 0.25) is 0 Å². The van der Waals surface area contributed by atoms with Gasteiger partial charge < -0.3 is 0 Å². The fourth-order valence-electron chi connectivity index (χ4n) is 1.99. The third-order valence-electron chi connectivity index (χ3n) is 3.23. The number of benzene rings is 1. The van der Waals surface area contributed by atoms with Gasteiger partial charge in [-0.25, -0.2) is 0 Å². The number of hydrogen-bond acceptors (Lipinski definition) is 1. The summed E-state index contributed by atoms with van der Waals surface area (Å²) in [5, 5.41) is 0. The van der Waals surface area contributed by atoms with Gasteiger partial charge in [0, 0.05) is 5.56 Å². The summed E-state index contributed by atoms with van der Waals surface area (Å²) in [5.41, 5.74) is 2.66. The molecule has 1 aromatic carbocycles. The standard InChI is InChI=1S/C13H16O/c1-9(14)10-4-6-11(7-5-10)12-8-13(12,2)3/h4-7,12H,8H2,1-3H3. The molecule has 14 heavy (non-hydrogen) atoms. The van der Waals surface area contributed by atoms with Crippen LogP contribution in [0.4, 0.5) is 0 Å². The molecule has 74 valence electrons. The third-order valence-corrected chi connectivity index (χ3v) is 3.23. The van der Waals surface area contributed by atoms with Gasteiger partial charge in [0.2, 0.25) is 0 Å². The molecule has 1 aromatic rings. The second-order valence-corrected chi connectivity index (χ2v) is 4.92. The molecule has 0 N–H and O–H groups in total. The summed E-state index contributed by atoms with van der Waals surface area (Å²) >= 11 is 0. The Balaban J connectivity index is 2.20. The number of hydrogen-bond donors (Lipinski definition) is 0. The summed E-state index contributed by atoms with van der Waals surface area (Å²) in [5.74, 6) is 0.843. The molecule has 1 fully saturated rings. The van der Waals surface area contributed by atoms with E-state index in [1.807, 2.05) is 12.1 Å². The van der Waals surface area contributed by atoms with Crippen LogP contribution >= 0.6 is 0 Å². The normalized spacial score (nSPS) is 23.2. The Hall–Kier alpha value is -1.11. The first-order chi connectivity index (χ1) is 6.50. The van der Waals surface area contributed by atoms with Gasteiger partial charge in [0.05, 0.1) is 0 Å². The van der Waals surface area contributed by atoms with Crippen LogP contribution in [0.3, 0.4) is 0 Å². The molecule has 0 bridgehead atoms. The van der Waals surface area contributed by atoms with Crippen LogP contribution in [0.25, 0.3) is 0 Å². The Kier molecular flexibility index (Phi) is 1.99. The number of carbonyl (C=O) groups is 1. The maximum atomic E-state index is 11.1. The largest absolute Gasteiger partial charge is 0.295 e. The SMILES string of the molecule is CC(=O)c1ccc(C2CC2(C)C)cc1. The van der Waals surface area contributed by atoms with Gasteiger partial charge >= 0.3 is 0 Å². The molecule has 0 aliphatic heterocycles. The zero-order valence-corrected chi connectivity index (χ0v) is 9.00. The Morgan fingerprint density at radius 1 is 1.29 bits per heavy atom. The molecule has 1 heteroatoms. The van der Waals surface area contributed by atoms with E-state index in [4.69, 9.17) is 0 Å². The summed E-state index contributed by atoms with van der Waals surface area (Å²) in [6.07, 6.45) is 1.27. The van der Waals surface area contributed by atoms with Crippen LogP contribution in [0.15, 0.2) is 24.3 Å². The van der Waals surface area contributed by atoms with Crippen molar-refractivity contribution < 1.29 is 4.79 Å². The van der Waals surface area contributed by atoms with Gasteiger partial charge in [0.1, 0.15) is 0 Å². The third kappa shape index (κ3) is 1.59. The maximum absolute atomic E-state index is 11.1. The predicted molar refractivity (Wildman–Crippen MR) is 57.6 cm³/mol. The van der Waals surface area contributed by atoms with Gasteiger partial charge in [-0.05, 0) is 30.2 Å². The predicted octanol–water partition coefficient (Wildman–Crippen LogP) is 3.40. The van der Waals surface area contributed by atoms with E-state index in [1.54, 1.807) is 6.92 Å². The lowest BCUT2D eigenvalue weighted by atomic mass is 10.0. The zero-order valence-electron chi connectivity index (χ0n) is 9.00. The van der Waals surface area contributed by atoms with Gasteiger partial charge in [0.15, 0.2) is 5.78 Å². The second-order valence-electron chi connectivity index (χ2n) is 4.92. The highest BCUT2D eigenvalue weighted by atomic mass is 16.1. The molecule has 0 saturated heterocycles. The van der Waals surface area contributed by atoms with E-state index < -0.39 is 0 Å². The lowest BCUT2D eigenvalue weighted by Gasteiger charge is -2.04. The second kappa shape index (κ2) is 2.94. The maximum Gasteiger partial charge on any atom is 0.159 e. The minimum Gasteiger partial charge on any atom is -0.295 e. The lowest BCUT2D eigenvalue weighted by molar-refractivity contribution is 0.101. The van der Waals surface area contributed by atoms with Crippen molar-refractivity contribution >= 4 is 5.78 Å². The molecule has 1 nitrogen and oxygen atoms in total. The molecule has 1 atom stereocenters. The number of rotatable bonds is 2. The average molecular weight is 188 g/mol. The molecule has 0 heterocycles. The van der Waals surface area contributed by atoms with E-state index in [0.29, 0.717) is 11.3 Å². The van der Waals surface area contributed by atoms with E-state index in [2.05, 4.69) is 26.0 Å². The summed E-state index contributed by atoms with van der Waals surface area (Å²) in [4.78, 5) is 11.1. The highest BCUT2D eigenvalue weighted by molar-refractivity contribution is 5.94. The Bertz CT molecular complexity index is 359. The monoisotopic (exact) mass is 188 g/mol. The van der Waals surface area contributed by atoms with Crippen LogP contribution in [-0.2, 0) is 0 Å². The molecule has 1 saturated carbocycles. The lowest BCUT2D eigenvalue weighted by Crippen LogP contribution is -1.93. The Morgan fingerprint density at radius 2 is 1.79 bits per heavy atom. The van der Waals surface area contributed by atoms with Crippen LogP contribution < -0.4 is 0 Å². The molecule has 1 unspecified atom stereocenters. The summed E-state index contributed by atoms with van der Waals surface area (Å²) in [7, 11) is 0. The molecule has 1 aliphatic rings. The van der Waals surface area contributed by atoms with Gasteiger partial charge in [-0.2, -0.15) is 0 Å². The van der Waals surface area contributed by atoms with Gasteiger partial charge in [0.25, 0.3) is 0 Å². The molecule has 0 amide bonds. The summed E-state index contributed by atoms with van der Waals surface area (Å²) in [6, 6.07) is 8.06. The Morgan fingerprint density at radius 3 is 2.14 bits per heavy atom. The van der Waals surface area contributed by atoms with Crippen molar-refractivity contribution in [1.29, 1.82) is 0 Å². The smallest absolute Gasteiger partial charge is 0.159 e. The van der Waals surface area contributed by atoms with E-state index >= 15 is 0 Å². The van der Waals surface area contributed by atoms with Crippen molar-refractivity contribution in [3.8, 4) is 0 Å². The van der Waals surface area contributed by atoms with E-state index in [9.17, 15) is 4.79 Å². The van der Waals surface area contributed by atoms with Crippen LogP contribution in [0.1, 0.15) is 49.0 Å². The van der Waals surface area contributed by atoms with Crippen molar-refractivity contribution in [3.63, 3.8) is 0 Å². The Labute approximate surface area is 85.1 Å². The fraction of sp³-hybridized carbons (Fsp3) is 0.462. The number of carbonyl (C=O) groups excluding carboxylic acids is 1. The quantitative estimate of drug-likeness (QED) is 0.650. The van der Waals surface area contributed by atoms with Gasteiger partial charge in [-0.15, -0.1) is 0 Å². The van der Waals surface area contributed by atoms with Crippen molar-refractivity contribution in [2.24, 2.45) is 5.41 Å². The molecular formula is C13H16O. The molecule has 0 radical (unpaired) electrons. The first-order valence-corrected chi connectivity index (χ1v) is 5.11. The van der Waals surface area contributed by atoms with Crippen LogP contribution in [-0.4, -0.2) is 5.78 Å². The van der Waals surface area contributed by atoms with Crippen molar-refractivity contribution in [3.05, 3.63) is 35.4 Å². The van der Waals surface area contributed by atoms with Crippen LogP contribution in [0.5, 0.6) is 0 Å². The fourth-order valence-corrected chi connectivity index (χ4v) is 1.99. The molecule has 0 aromatic heterocycles. The van der Waals surface area contributed by atoms with E-state index in [0.717, 1.165) is 5.56 Å². The molecule has 0 spiro atoms. The molecule has 1 aliphatic carbocycles. The first kappa shape index (κ1) is 9.45. The van der Waals surface area contributed by atoms with Crippen molar-refractivity contribution in [2.75, 3.05) is 0 Å².